The first-order chi connectivity index (χ1) is 5.91. The Morgan fingerprint density at radius 2 is 2.23 bits per heavy atom. The molecule has 0 aromatic rings. The number of hydrogen-bond acceptors (Lipinski definition) is 2. The van der Waals surface area contributed by atoms with Crippen LogP contribution >= 0.6 is 15.9 Å². The predicted molar refractivity (Wildman–Crippen MR) is 54.8 cm³/mol. The molecule has 13 heavy (non-hydrogen) atoms. The number of amides is 1. The third kappa shape index (κ3) is 2.95. The molecule has 0 radical (unpaired) electrons. The van der Waals surface area contributed by atoms with Gasteiger partial charge in [-0.25, -0.2) is 0 Å². The topological polar surface area (TPSA) is 40.5 Å². The van der Waals surface area contributed by atoms with Crippen molar-refractivity contribution < 1.29 is 9.90 Å². The molecule has 1 N–H and O–H groups in total. The summed E-state index contributed by atoms with van der Waals surface area (Å²) in [5.41, 5.74) is 0. The molecule has 0 spiro atoms. The van der Waals surface area contributed by atoms with Crippen molar-refractivity contribution in [1.82, 2.24) is 4.90 Å². The first-order valence-electron chi connectivity index (χ1n) is 4.57. The highest BCUT2D eigenvalue weighted by atomic mass is 79.9. The van der Waals surface area contributed by atoms with Crippen LogP contribution in [0.1, 0.15) is 26.7 Å². The minimum Gasteiger partial charge on any atom is -0.391 e. The Labute approximate surface area is 87.2 Å². The van der Waals surface area contributed by atoms with Gasteiger partial charge in [-0.15, -0.1) is 0 Å². The first kappa shape index (κ1) is 11.0. The van der Waals surface area contributed by atoms with Crippen molar-refractivity contribution in [1.29, 1.82) is 0 Å². The third-order valence-electron chi connectivity index (χ3n) is 2.19. The SMILES string of the molecule is CC(C)(Br)C(=O)N1CCCC(O)C1. The van der Waals surface area contributed by atoms with E-state index in [1.54, 1.807) is 4.90 Å². The fourth-order valence-corrected chi connectivity index (χ4v) is 1.77. The number of carbonyl (C=O) groups is 1. The number of halogens is 1. The highest BCUT2D eigenvalue weighted by Gasteiger charge is 2.31. The van der Waals surface area contributed by atoms with Crippen molar-refractivity contribution >= 4 is 21.8 Å². The van der Waals surface area contributed by atoms with E-state index in [0.717, 1.165) is 19.4 Å². The van der Waals surface area contributed by atoms with E-state index in [1.807, 2.05) is 13.8 Å². The van der Waals surface area contributed by atoms with Crippen LogP contribution in [-0.4, -0.2) is 39.4 Å². The fraction of sp³-hybridized carbons (Fsp3) is 0.889. The minimum atomic E-state index is -0.510. The van der Waals surface area contributed by atoms with E-state index < -0.39 is 4.32 Å². The first-order valence-corrected chi connectivity index (χ1v) is 5.37. The summed E-state index contributed by atoms with van der Waals surface area (Å²) < 4.78 is -0.510. The van der Waals surface area contributed by atoms with E-state index in [0.29, 0.717) is 6.54 Å². The van der Waals surface area contributed by atoms with Crippen LogP contribution in [0.4, 0.5) is 0 Å². The lowest BCUT2D eigenvalue weighted by Crippen LogP contribution is -2.48. The maximum Gasteiger partial charge on any atom is 0.238 e. The van der Waals surface area contributed by atoms with Crippen molar-refractivity contribution in [3.8, 4) is 0 Å². The molecule has 1 saturated heterocycles. The highest BCUT2D eigenvalue weighted by Crippen LogP contribution is 2.21. The van der Waals surface area contributed by atoms with Crippen LogP contribution in [0.5, 0.6) is 0 Å². The van der Waals surface area contributed by atoms with Gasteiger partial charge in [0, 0.05) is 13.1 Å². The fourth-order valence-electron chi connectivity index (χ4n) is 1.52. The summed E-state index contributed by atoms with van der Waals surface area (Å²) in [6, 6.07) is 0. The normalized spacial score (nSPS) is 24.6. The average Bonchev–Trinajstić information content (AvgIpc) is 2.01. The largest absolute Gasteiger partial charge is 0.391 e. The van der Waals surface area contributed by atoms with Gasteiger partial charge in [0.25, 0.3) is 0 Å². The van der Waals surface area contributed by atoms with Crippen molar-refractivity contribution in [2.24, 2.45) is 0 Å². The van der Waals surface area contributed by atoms with Gasteiger partial charge in [0.1, 0.15) is 0 Å². The number of carbonyl (C=O) groups excluding carboxylic acids is 1. The summed E-state index contributed by atoms with van der Waals surface area (Å²) in [6.07, 6.45) is 1.37. The molecule has 1 aliphatic heterocycles. The molecule has 1 unspecified atom stereocenters. The van der Waals surface area contributed by atoms with E-state index >= 15 is 0 Å². The molecular weight excluding hydrogens is 234 g/mol. The van der Waals surface area contributed by atoms with Crippen molar-refractivity contribution in [3.05, 3.63) is 0 Å². The molecule has 4 heteroatoms. The predicted octanol–water partition coefficient (Wildman–Crippen LogP) is 1.14. The zero-order valence-electron chi connectivity index (χ0n) is 8.09. The van der Waals surface area contributed by atoms with Gasteiger partial charge in [0.2, 0.25) is 5.91 Å². The number of rotatable bonds is 1. The number of likely N-dealkylation sites (tertiary alicyclic amines) is 1. The Morgan fingerprint density at radius 3 is 2.69 bits per heavy atom. The van der Waals surface area contributed by atoms with Crippen molar-refractivity contribution in [3.63, 3.8) is 0 Å². The number of piperidine rings is 1. The smallest absolute Gasteiger partial charge is 0.238 e. The molecule has 3 nitrogen and oxygen atoms in total. The van der Waals surface area contributed by atoms with Gasteiger partial charge < -0.3 is 10.0 Å². The standard InChI is InChI=1S/C9H16BrNO2/c1-9(2,10)8(13)11-5-3-4-7(12)6-11/h7,12H,3-6H2,1-2H3. The summed E-state index contributed by atoms with van der Waals surface area (Å²) in [5.74, 6) is 0.0613. The highest BCUT2D eigenvalue weighted by molar-refractivity contribution is 9.10. The van der Waals surface area contributed by atoms with Gasteiger partial charge in [-0.05, 0) is 26.7 Å². The molecular formula is C9H16BrNO2. The Morgan fingerprint density at radius 1 is 1.62 bits per heavy atom. The van der Waals surface area contributed by atoms with Gasteiger partial charge in [-0.2, -0.15) is 0 Å². The van der Waals surface area contributed by atoms with Crippen LogP contribution < -0.4 is 0 Å². The monoisotopic (exact) mass is 249 g/mol. The van der Waals surface area contributed by atoms with E-state index in [1.165, 1.54) is 0 Å². The maximum absolute atomic E-state index is 11.7. The molecule has 1 atom stereocenters. The molecule has 0 aromatic carbocycles. The molecule has 1 heterocycles. The van der Waals surface area contributed by atoms with E-state index in [-0.39, 0.29) is 12.0 Å². The van der Waals surface area contributed by atoms with E-state index in [4.69, 9.17) is 0 Å². The zero-order valence-corrected chi connectivity index (χ0v) is 9.67. The number of hydrogen-bond donors (Lipinski definition) is 1. The lowest BCUT2D eigenvalue weighted by atomic mass is 10.1. The molecule has 1 amide bonds. The van der Waals surface area contributed by atoms with Gasteiger partial charge >= 0.3 is 0 Å². The van der Waals surface area contributed by atoms with Crippen LogP contribution in [0.3, 0.4) is 0 Å². The maximum atomic E-state index is 11.7. The van der Waals surface area contributed by atoms with Crippen LogP contribution in [0.15, 0.2) is 0 Å². The Kier molecular flexibility index (Phi) is 3.35. The van der Waals surface area contributed by atoms with Crippen LogP contribution in [0.25, 0.3) is 0 Å². The molecule has 1 aliphatic rings. The summed E-state index contributed by atoms with van der Waals surface area (Å²) in [4.78, 5) is 13.5. The molecule has 0 aromatic heterocycles. The Bertz CT molecular complexity index is 200. The second-order valence-corrected chi connectivity index (χ2v) is 6.00. The molecule has 0 saturated carbocycles. The number of alkyl halides is 1. The summed E-state index contributed by atoms with van der Waals surface area (Å²) >= 11 is 3.33. The Hall–Kier alpha value is -0.0900. The second-order valence-electron chi connectivity index (χ2n) is 4.02. The minimum absolute atomic E-state index is 0.0613. The average molecular weight is 250 g/mol. The van der Waals surface area contributed by atoms with Crippen LogP contribution in [-0.2, 0) is 4.79 Å². The Balaban J connectivity index is 2.56. The quantitative estimate of drug-likeness (QED) is 0.709. The van der Waals surface area contributed by atoms with Crippen molar-refractivity contribution in [2.45, 2.75) is 37.1 Å². The van der Waals surface area contributed by atoms with E-state index in [9.17, 15) is 9.90 Å². The summed E-state index contributed by atoms with van der Waals surface area (Å²) in [6.45, 7) is 4.91. The van der Waals surface area contributed by atoms with Gasteiger partial charge in [0.15, 0.2) is 0 Å². The molecule has 1 rings (SSSR count). The van der Waals surface area contributed by atoms with Gasteiger partial charge in [0.05, 0.1) is 10.4 Å². The third-order valence-corrected chi connectivity index (χ3v) is 2.53. The number of β-amino-alcohol motifs (C(OH)–C–C–N with tert-alkyl or cyclic N) is 1. The van der Waals surface area contributed by atoms with Crippen molar-refractivity contribution in [2.75, 3.05) is 13.1 Å². The molecule has 1 fully saturated rings. The van der Waals surface area contributed by atoms with Crippen LogP contribution in [0.2, 0.25) is 0 Å². The van der Waals surface area contributed by atoms with Gasteiger partial charge in [-0.1, -0.05) is 15.9 Å². The van der Waals surface area contributed by atoms with E-state index in [2.05, 4.69) is 15.9 Å². The molecule has 76 valence electrons. The zero-order chi connectivity index (χ0) is 10.1. The number of nitrogens with zero attached hydrogens (tertiary/aromatic N) is 1. The van der Waals surface area contributed by atoms with Crippen LogP contribution in [0, 0.1) is 0 Å². The lowest BCUT2D eigenvalue weighted by Gasteiger charge is -2.33. The summed E-state index contributed by atoms with van der Waals surface area (Å²) in [5, 5.41) is 9.39. The number of aliphatic hydroxyl groups is 1. The molecule has 0 bridgehead atoms. The van der Waals surface area contributed by atoms with Gasteiger partial charge in [-0.3, -0.25) is 4.79 Å². The summed E-state index contributed by atoms with van der Waals surface area (Å²) in [7, 11) is 0. The lowest BCUT2D eigenvalue weighted by molar-refractivity contribution is -0.135. The number of aliphatic hydroxyl groups excluding tert-OH is 1. The molecule has 0 aliphatic carbocycles. The second kappa shape index (κ2) is 3.96.